The number of aliphatic carboxylic acids is 1. The van der Waals surface area contributed by atoms with E-state index < -0.39 is 16.0 Å². The van der Waals surface area contributed by atoms with E-state index in [1.165, 1.54) is 4.31 Å². The van der Waals surface area contributed by atoms with Crippen molar-refractivity contribution in [2.75, 3.05) is 19.8 Å². The number of nitrogens with zero attached hydrogens (tertiary/aromatic N) is 2. The predicted molar refractivity (Wildman–Crippen MR) is 192 cm³/mol. The second kappa shape index (κ2) is 15.7. The summed E-state index contributed by atoms with van der Waals surface area (Å²) in [5, 5.41) is 9.38. The molecule has 0 spiro atoms. The van der Waals surface area contributed by atoms with E-state index in [0.717, 1.165) is 57.7 Å². The van der Waals surface area contributed by atoms with Gasteiger partial charge in [-0.1, -0.05) is 61.9 Å². The van der Waals surface area contributed by atoms with Crippen LogP contribution in [0.25, 0.3) is 22.6 Å². The molecule has 0 saturated heterocycles. The molecule has 5 aromatic rings. The summed E-state index contributed by atoms with van der Waals surface area (Å²) in [7, 11) is -3.80. The first kappa shape index (κ1) is 34.9. The Morgan fingerprint density at radius 3 is 2.30 bits per heavy atom. The van der Waals surface area contributed by atoms with Crippen molar-refractivity contribution in [1.82, 2.24) is 9.29 Å². The summed E-state index contributed by atoms with van der Waals surface area (Å²) < 4.78 is 46.9. The monoisotopic (exact) mass is 694 g/mol. The van der Waals surface area contributed by atoms with E-state index in [-0.39, 0.29) is 24.4 Å². The molecule has 0 amide bonds. The number of sulfonamides is 1. The van der Waals surface area contributed by atoms with Crippen LogP contribution in [0.2, 0.25) is 0 Å². The van der Waals surface area contributed by atoms with Crippen LogP contribution in [0.5, 0.6) is 11.5 Å². The van der Waals surface area contributed by atoms with Crippen molar-refractivity contribution < 1.29 is 32.2 Å². The molecular weight excluding hydrogens is 653 g/mol. The summed E-state index contributed by atoms with van der Waals surface area (Å²) in [6.45, 7) is 5.31. The first-order valence-corrected chi connectivity index (χ1v) is 18.5. The number of fused-ring (bicyclic) bond motifs is 1. The Hall–Kier alpha value is -4.93. The summed E-state index contributed by atoms with van der Waals surface area (Å²) in [5.41, 5.74) is 6.48. The van der Waals surface area contributed by atoms with Gasteiger partial charge >= 0.3 is 5.97 Å². The predicted octanol–water partition coefficient (Wildman–Crippen LogP) is 7.88. The van der Waals surface area contributed by atoms with E-state index in [2.05, 4.69) is 31.2 Å². The number of hydrogen-bond acceptors (Lipinski definition) is 7. The molecule has 1 aliphatic heterocycles. The highest BCUT2D eigenvalue weighted by Gasteiger charge is 2.31. The number of carboxylic acids is 1. The summed E-state index contributed by atoms with van der Waals surface area (Å²) in [6.07, 6.45) is 3.14. The average molecular weight is 695 g/mol. The Labute approximate surface area is 293 Å². The lowest BCUT2D eigenvalue weighted by molar-refractivity contribution is -0.136. The van der Waals surface area contributed by atoms with Gasteiger partial charge in [0.15, 0.2) is 0 Å². The lowest BCUT2D eigenvalue weighted by atomic mass is 9.92. The van der Waals surface area contributed by atoms with Gasteiger partial charge in [-0.15, -0.1) is 0 Å². The fourth-order valence-corrected chi connectivity index (χ4v) is 7.58. The molecule has 0 fully saturated rings. The lowest BCUT2D eigenvalue weighted by Crippen LogP contribution is -2.36. The van der Waals surface area contributed by atoms with Gasteiger partial charge in [0.25, 0.3) is 0 Å². The average Bonchev–Trinajstić information content (AvgIpc) is 3.51. The zero-order valence-electron chi connectivity index (χ0n) is 28.4. The molecule has 1 N–H and O–H groups in total. The Morgan fingerprint density at radius 1 is 0.860 bits per heavy atom. The van der Waals surface area contributed by atoms with Crippen LogP contribution >= 0.6 is 0 Å². The minimum atomic E-state index is -3.80. The third kappa shape index (κ3) is 8.09. The zero-order chi connectivity index (χ0) is 35.1. The number of ether oxygens (including phenoxy) is 2. The Bertz CT molecular complexity index is 2020. The Balaban J connectivity index is 1.15. The van der Waals surface area contributed by atoms with Gasteiger partial charge in [-0.3, -0.25) is 4.79 Å². The van der Waals surface area contributed by atoms with Crippen molar-refractivity contribution in [1.29, 1.82) is 0 Å². The van der Waals surface area contributed by atoms with Crippen LogP contribution in [0.3, 0.4) is 0 Å². The van der Waals surface area contributed by atoms with Gasteiger partial charge in [0.2, 0.25) is 15.9 Å². The normalized spacial score (nSPS) is 13.2. The lowest BCUT2D eigenvalue weighted by Gasteiger charge is -2.31. The quantitative estimate of drug-likeness (QED) is 0.110. The maximum atomic E-state index is 13.7. The van der Waals surface area contributed by atoms with E-state index in [4.69, 9.17) is 18.9 Å². The molecule has 0 unspecified atom stereocenters. The fourth-order valence-electron chi connectivity index (χ4n) is 6.17. The molecule has 0 radical (unpaired) electrons. The van der Waals surface area contributed by atoms with Gasteiger partial charge in [-0.25, -0.2) is 13.4 Å². The molecule has 6 rings (SSSR count). The standard InChI is InChI=1S/C40H42N2O7S/c1-3-4-25-47-33-16-18-34(19-17-33)50(45,46)42-24-22-35-36(27-42)31(15-21-39(43)44)14-20-38(35)48-26-23-37-28(2)49-40(41-37)32-12-10-30(11-13-32)29-8-6-5-7-9-29/h5-14,16-20H,3-4,15,21-27H2,1-2H3,(H,43,44). The highest BCUT2D eigenvalue weighted by Crippen LogP contribution is 2.35. The number of carboxylic acid groups (broad SMARTS) is 1. The second-order valence-corrected chi connectivity index (χ2v) is 14.3. The van der Waals surface area contributed by atoms with Crippen LogP contribution in [0, 0.1) is 6.92 Å². The molecule has 1 aromatic heterocycles. The molecule has 1 aliphatic rings. The zero-order valence-corrected chi connectivity index (χ0v) is 29.2. The molecule has 0 atom stereocenters. The van der Waals surface area contributed by atoms with Crippen LogP contribution in [-0.4, -0.2) is 48.5 Å². The number of carbonyl (C=O) groups is 1. The maximum absolute atomic E-state index is 13.7. The third-order valence-corrected chi connectivity index (χ3v) is 10.9. The van der Waals surface area contributed by atoms with Crippen molar-refractivity contribution in [3.8, 4) is 34.1 Å². The first-order valence-electron chi connectivity index (χ1n) is 17.1. The maximum Gasteiger partial charge on any atom is 0.303 e. The third-order valence-electron chi connectivity index (χ3n) is 9.00. The van der Waals surface area contributed by atoms with Gasteiger partial charge in [-0.2, -0.15) is 4.31 Å². The molecule has 9 nitrogen and oxygen atoms in total. The second-order valence-electron chi connectivity index (χ2n) is 12.4. The van der Waals surface area contributed by atoms with E-state index in [1.807, 2.05) is 49.4 Å². The number of hydrogen-bond donors (Lipinski definition) is 1. The van der Waals surface area contributed by atoms with Gasteiger partial charge in [-0.05, 0) is 90.9 Å². The molecule has 2 heterocycles. The number of oxazole rings is 1. The summed E-state index contributed by atoms with van der Waals surface area (Å²) in [6, 6.07) is 28.6. The van der Waals surface area contributed by atoms with Crippen molar-refractivity contribution in [2.24, 2.45) is 0 Å². The van der Waals surface area contributed by atoms with E-state index in [9.17, 15) is 18.3 Å². The van der Waals surface area contributed by atoms with E-state index in [0.29, 0.717) is 49.9 Å². The molecular formula is C40H42N2O7S. The molecule has 0 bridgehead atoms. The number of aryl methyl sites for hydroxylation is 2. The Morgan fingerprint density at radius 2 is 1.58 bits per heavy atom. The van der Waals surface area contributed by atoms with Gasteiger partial charge in [0.05, 0.1) is 23.8 Å². The van der Waals surface area contributed by atoms with Crippen molar-refractivity contribution in [2.45, 2.75) is 63.8 Å². The number of aromatic nitrogens is 1. The fraction of sp³-hybridized carbons (Fsp3) is 0.300. The van der Waals surface area contributed by atoms with Crippen molar-refractivity contribution >= 4 is 16.0 Å². The number of rotatable bonds is 15. The number of benzene rings is 4. The van der Waals surface area contributed by atoms with Crippen LogP contribution in [0.1, 0.15) is 54.3 Å². The van der Waals surface area contributed by atoms with Crippen LogP contribution < -0.4 is 9.47 Å². The SMILES string of the molecule is CCCCOc1ccc(S(=O)(=O)N2CCc3c(OCCc4nc(-c5ccc(-c6ccccc6)cc5)oc4C)ccc(CCC(=O)O)c3C2)cc1. The molecule has 260 valence electrons. The highest BCUT2D eigenvalue weighted by molar-refractivity contribution is 7.89. The molecule has 0 aliphatic carbocycles. The van der Waals surface area contributed by atoms with Crippen LogP contribution in [0.15, 0.2) is 100 Å². The largest absolute Gasteiger partial charge is 0.494 e. The molecule has 50 heavy (non-hydrogen) atoms. The van der Waals surface area contributed by atoms with Gasteiger partial charge < -0.3 is 19.0 Å². The summed E-state index contributed by atoms with van der Waals surface area (Å²) in [4.78, 5) is 16.4. The minimum Gasteiger partial charge on any atom is -0.494 e. The summed E-state index contributed by atoms with van der Waals surface area (Å²) >= 11 is 0. The van der Waals surface area contributed by atoms with Crippen molar-refractivity contribution in [3.63, 3.8) is 0 Å². The minimum absolute atomic E-state index is 0.0539. The molecule has 10 heteroatoms. The number of unbranched alkanes of at least 4 members (excludes halogenated alkanes) is 1. The van der Waals surface area contributed by atoms with Gasteiger partial charge in [0, 0.05) is 37.1 Å². The Kier molecular flexibility index (Phi) is 11.0. The van der Waals surface area contributed by atoms with Crippen molar-refractivity contribution in [3.05, 3.63) is 119 Å². The summed E-state index contributed by atoms with van der Waals surface area (Å²) in [5.74, 6) is 1.67. The first-order chi connectivity index (χ1) is 24.2. The molecule has 0 saturated carbocycles. The van der Waals surface area contributed by atoms with Gasteiger partial charge in [0.1, 0.15) is 17.3 Å². The highest BCUT2D eigenvalue weighted by atomic mass is 32.2. The van der Waals surface area contributed by atoms with Crippen LogP contribution in [-0.2, 0) is 40.6 Å². The van der Waals surface area contributed by atoms with Crippen LogP contribution in [0.4, 0.5) is 0 Å². The smallest absolute Gasteiger partial charge is 0.303 e. The van der Waals surface area contributed by atoms with E-state index in [1.54, 1.807) is 24.3 Å². The molecule has 4 aromatic carbocycles. The van der Waals surface area contributed by atoms with E-state index >= 15 is 0 Å². The topological polar surface area (TPSA) is 119 Å².